The van der Waals surface area contributed by atoms with Crippen molar-refractivity contribution < 1.29 is 13.2 Å². The zero-order valence-electron chi connectivity index (χ0n) is 12.2. The molecule has 0 spiro atoms. The maximum absolute atomic E-state index is 12.9. The van der Waals surface area contributed by atoms with Crippen LogP contribution in [0.4, 0.5) is 19.1 Å². The van der Waals surface area contributed by atoms with Gasteiger partial charge in [0.1, 0.15) is 0 Å². The third-order valence-electron chi connectivity index (χ3n) is 3.42. The monoisotopic (exact) mass is 318 g/mol. The quantitative estimate of drug-likeness (QED) is 0.585. The number of hydrogen-bond acceptors (Lipinski definition) is 3. The molecule has 1 heterocycles. The molecule has 3 rings (SSSR count). The van der Waals surface area contributed by atoms with Crippen LogP contribution >= 0.6 is 0 Å². The van der Waals surface area contributed by atoms with Gasteiger partial charge < -0.3 is 4.57 Å². The number of aromatic nitrogens is 2. The van der Waals surface area contributed by atoms with E-state index in [2.05, 4.69) is 15.5 Å². The van der Waals surface area contributed by atoms with Crippen LogP contribution in [0.2, 0.25) is 0 Å². The van der Waals surface area contributed by atoms with Gasteiger partial charge in [-0.3, -0.25) is 0 Å². The Morgan fingerprint density at radius 1 is 1.09 bits per heavy atom. The van der Waals surface area contributed by atoms with Crippen molar-refractivity contribution in [2.75, 3.05) is 5.43 Å². The molecular weight excluding hydrogens is 305 g/mol. The molecule has 3 aromatic rings. The van der Waals surface area contributed by atoms with Crippen molar-refractivity contribution >= 4 is 23.2 Å². The Balaban J connectivity index is 1.86. The standard InChI is InChI=1S/C16H13F3N4/c1-23-14-9-5-4-8-13(14)21-15(23)22-20-10-11-6-2-3-7-12(11)16(17,18)19/h2-10H,1H3,(H,21,22). The van der Waals surface area contributed by atoms with Crippen molar-refractivity contribution in [3.05, 3.63) is 59.7 Å². The highest BCUT2D eigenvalue weighted by Gasteiger charge is 2.32. The Morgan fingerprint density at radius 3 is 2.52 bits per heavy atom. The number of nitrogens with one attached hydrogen (secondary N) is 1. The molecule has 0 saturated carbocycles. The van der Waals surface area contributed by atoms with Crippen LogP contribution in [0.25, 0.3) is 11.0 Å². The number of halogens is 3. The minimum atomic E-state index is -4.42. The van der Waals surface area contributed by atoms with E-state index < -0.39 is 11.7 Å². The fourth-order valence-electron chi connectivity index (χ4n) is 2.27. The summed E-state index contributed by atoms with van der Waals surface area (Å²) in [4.78, 5) is 4.33. The summed E-state index contributed by atoms with van der Waals surface area (Å²) in [5, 5.41) is 3.88. The summed E-state index contributed by atoms with van der Waals surface area (Å²) in [5.74, 6) is 0.451. The van der Waals surface area contributed by atoms with Crippen molar-refractivity contribution in [2.45, 2.75) is 6.18 Å². The van der Waals surface area contributed by atoms with E-state index in [1.165, 1.54) is 18.2 Å². The van der Waals surface area contributed by atoms with Gasteiger partial charge in [0.05, 0.1) is 22.8 Å². The number of alkyl halides is 3. The maximum atomic E-state index is 12.9. The zero-order chi connectivity index (χ0) is 16.4. The van der Waals surface area contributed by atoms with E-state index >= 15 is 0 Å². The van der Waals surface area contributed by atoms with E-state index in [0.29, 0.717) is 5.95 Å². The molecular formula is C16H13F3N4. The number of imidazole rings is 1. The molecule has 118 valence electrons. The number of hydrogen-bond donors (Lipinski definition) is 1. The normalized spacial score (nSPS) is 12.2. The Bertz CT molecular complexity index is 865. The molecule has 0 amide bonds. The van der Waals surface area contributed by atoms with Crippen molar-refractivity contribution in [1.29, 1.82) is 0 Å². The van der Waals surface area contributed by atoms with E-state index in [-0.39, 0.29) is 5.56 Å². The third kappa shape index (κ3) is 3.03. The van der Waals surface area contributed by atoms with Gasteiger partial charge in [0.15, 0.2) is 0 Å². The predicted molar refractivity (Wildman–Crippen MR) is 83.4 cm³/mol. The lowest BCUT2D eigenvalue weighted by molar-refractivity contribution is -0.137. The molecule has 4 nitrogen and oxygen atoms in total. The highest BCUT2D eigenvalue weighted by atomic mass is 19.4. The highest BCUT2D eigenvalue weighted by Crippen LogP contribution is 2.31. The van der Waals surface area contributed by atoms with Gasteiger partial charge >= 0.3 is 6.18 Å². The van der Waals surface area contributed by atoms with Crippen molar-refractivity contribution in [3.8, 4) is 0 Å². The molecule has 1 N–H and O–H groups in total. The van der Waals surface area contributed by atoms with Crippen LogP contribution in [0.5, 0.6) is 0 Å². The van der Waals surface area contributed by atoms with Crippen LogP contribution in [0.15, 0.2) is 53.6 Å². The van der Waals surface area contributed by atoms with Crippen LogP contribution in [0.1, 0.15) is 11.1 Å². The SMILES string of the molecule is Cn1c(NN=Cc2ccccc2C(F)(F)F)nc2ccccc21. The summed E-state index contributed by atoms with van der Waals surface area (Å²) in [7, 11) is 1.80. The van der Waals surface area contributed by atoms with Crippen LogP contribution in [-0.4, -0.2) is 15.8 Å². The molecule has 0 fully saturated rings. The second-order valence-corrected chi connectivity index (χ2v) is 4.94. The fraction of sp³-hybridized carbons (Fsp3) is 0.125. The van der Waals surface area contributed by atoms with Gasteiger partial charge in [-0.25, -0.2) is 10.4 Å². The molecule has 0 atom stereocenters. The van der Waals surface area contributed by atoms with E-state index in [4.69, 9.17) is 0 Å². The van der Waals surface area contributed by atoms with E-state index in [0.717, 1.165) is 23.3 Å². The van der Waals surface area contributed by atoms with E-state index in [1.807, 2.05) is 24.3 Å². The molecule has 1 aromatic heterocycles. The number of hydrazone groups is 1. The summed E-state index contributed by atoms with van der Waals surface area (Å²) >= 11 is 0. The fourth-order valence-corrected chi connectivity index (χ4v) is 2.27. The average Bonchev–Trinajstić information content (AvgIpc) is 2.84. The molecule has 0 saturated heterocycles. The number of rotatable bonds is 3. The number of anilines is 1. The molecule has 2 aromatic carbocycles. The van der Waals surface area contributed by atoms with Gasteiger partial charge in [-0.05, 0) is 18.2 Å². The van der Waals surface area contributed by atoms with Crippen LogP contribution in [0, 0.1) is 0 Å². The Labute approximate surface area is 130 Å². The molecule has 0 aliphatic heterocycles. The van der Waals surface area contributed by atoms with Crippen LogP contribution in [-0.2, 0) is 13.2 Å². The molecule has 23 heavy (non-hydrogen) atoms. The summed E-state index contributed by atoms with van der Waals surface area (Å²) in [5.41, 5.74) is 3.63. The van der Waals surface area contributed by atoms with E-state index in [9.17, 15) is 13.2 Å². The molecule has 0 bridgehead atoms. The number of aryl methyl sites for hydroxylation is 1. The first-order valence-electron chi connectivity index (χ1n) is 6.83. The lowest BCUT2D eigenvalue weighted by Gasteiger charge is -2.09. The first-order chi connectivity index (χ1) is 11.0. The van der Waals surface area contributed by atoms with Crippen LogP contribution < -0.4 is 5.43 Å². The minimum Gasteiger partial charge on any atom is -0.312 e. The van der Waals surface area contributed by atoms with Gasteiger partial charge in [0.2, 0.25) is 5.95 Å². The van der Waals surface area contributed by atoms with Gasteiger partial charge in [0.25, 0.3) is 0 Å². The second kappa shape index (κ2) is 5.75. The molecule has 0 unspecified atom stereocenters. The van der Waals surface area contributed by atoms with Gasteiger partial charge in [-0.1, -0.05) is 30.3 Å². The summed E-state index contributed by atoms with van der Waals surface area (Å²) in [6.45, 7) is 0. The lowest BCUT2D eigenvalue weighted by atomic mass is 10.1. The molecule has 0 aliphatic carbocycles. The van der Waals surface area contributed by atoms with Gasteiger partial charge in [0, 0.05) is 12.6 Å². The third-order valence-corrected chi connectivity index (χ3v) is 3.42. The number of benzene rings is 2. The average molecular weight is 318 g/mol. The largest absolute Gasteiger partial charge is 0.417 e. The van der Waals surface area contributed by atoms with Crippen molar-refractivity contribution in [3.63, 3.8) is 0 Å². The topological polar surface area (TPSA) is 42.2 Å². The van der Waals surface area contributed by atoms with E-state index in [1.54, 1.807) is 11.6 Å². The minimum absolute atomic E-state index is 0.00809. The summed E-state index contributed by atoms with van der Waals surface area (Å²) in [6, 6.07) is 12.8. The van der Waals surface area contributed by atoms with Crippen molar-refractivity contribution in [1.82, 2.24) is 9.55 Å². The smallest absolute Gasteiger partial charge is 0.312 e. The Kier molecular flexibility index (Phi) is 3.77. The van der Waals surface area contributed by atoms with Crippen molar-refractivity contribution in [2.24, 2.45) is 12.1 Å². The van der Waals surface area contributed by atoms with Gasteiger partial charge in [-0.15, -0.1) is 0 Å². The lowest BCUT2D eigenvalue weighted by Crippen LogP contribution is -2.09. The summed E-state index contributed by atoms with van der Waals surface area (Å²) < 4.78 is 40.5. The first kappa shape index (κ1) is 15.1. The molecule has 0 radical (unpaired) electrons. The number of para-hydroxylation sites is 2. The highest BCUT2D eigenvalue weighted by molar-refractivity contribution is 5.83. The Hall–Kier alpha value is -2.83. The summed E-state index contributed by atoms with van der Waals surface area (Å²) in [6.07, 6.45) is -3.28. The number of fused-ring (bicyclic) bond motifs is 1. The van der Waals surface area contributed by atoms with Crippen LogP contribution in [0.3, 0.4) is 0 Å². The maximum Gasteiger partial charge on any atom is 0.417 e. The predicted octanol–water partition coefficient (Wildman–Crippen LogP) is 4.04. The molecule has 0 aliphatic rings. The Morgan fingerprint density at radius 2 is 1.78 bits per heavy atom. The zero-order valence-corrected chi connectivity index (χ0v) is 12.2. The molecule has 7 heteroatoms. The number of nitrogens with zero attached hydrogens (tertiary/aromatic N) is 3. The first-order valence-corrected chi connectivity index (χ1v) is 6.83. The second-order valence-electron chi connectivity index (χ2n) is 4.94. The van der Waals surface area contributed by atoms with Gasteiger partial charge in [-0.2, -0.15) is 18.3 Å².